The minimum Gasteiger partial charge on any atom is -0.494 e. The van der Waals surface area contributed by atoms with Crippen molar-refractivity contribution in [3.8, 4) is 5.75 Å². The van der Waals surface area contributed by atoms with E-state index in [0.29, 0.717) is 25.7 Å². The topological polar surface area (TPSA) is 45.6 Å². The van der Waals surface area contributed by atoms with Gasteiger partial charge in [0, 0.05) is 25.7 Å². The zero-order chi connectivity index (χ0) is 16.5. The van der Waals surface area contributed by atoms with E-state index in [4.69, 9.17) is 4.74 Å². The summed E-state index contributed by atoms with van der Waals surface area (Å²) in [6.45, 7) is 3.79. The van der Waals surface area contributed by atoms with Crippen molar-refractivity contribution in [3.05, 3.63) is 65.5 Å². The maximum absolute atomic E-state index is 12.9. The smallest absolute Gasteiger partial charge is 0.191 e. The van der Waals surface area contributed by atoms with Gasteiger partial charge in [-0.25, -0.2) is 4.39 Å². The molecule has 0 unspecified atom stereocenters. The summed E-state index contributed by atoms with van der Waals surface area (Å²) in [5, 5.41) is 6.45. The van der Waals surface area contributed by atoms with Gasteiger partial charge in [-0.1, -0.05) is 30.3 Å². The van der Waals surface area contributed by atoms with Gasteiger partial charge in [0.2, 0.25) is 0 Å². The third-order valence-corrected chi connectivity index (χ3v) is 3.32. The Morgan fingerprint density at radius 3 is 2.38 bits per heavy atom. The molecule has 4 nitrogen and oxygen atoms in total. The summed E-state index contributed by atoms with van der Waals surface area (Å²) in [5.41, 5.74) is 2.06. The molecule has 0 amide bonds. The van der Waals surface area contributed by atoms with Crippen molar-refractivity contribution in [2.24, 2.45) is 4.99 Å². The zero-order valence-corrected chi connectivity index (χ0v) is 16.2. The van der Waals surface area contributed by atoms with Gasteiger partial charge in [0.1, 0.15) is 11.6 Å². The van der Waals surface area contributed by atoms with Gasteiger partial charge in [0.05, 0.1) is 6.61 Å². The molecule has 0 aliphatic rings. The van der Waals surface area contributed by atoms with Crippen LogP contribution in [0.2, 0.25) is 0 Å². The molecule has 0 spiro atoms. The first-order valence-electron chi connectivity index (χ1n) is 7.62. The third kappa shape index (κ3) is 6.35. The molecule has 24 heavy (non-hydrogen) atoms. The normalized spacial score (nSPS) is 10.7. The van der Waals surface area contributed by atoms with Crippen molar-refractivity contribution in [3.63, 3.8) is 0 Å². The van der Waals surface area contributed by atoms with Crippen molar-refractivity contribution >= 4 is 29.9 Å². The SMILES string of the molecule is CCOc1ccccc1CNC(=NC)NCc1ccc(F)cc1.I. The maximum atomic E-state index is 12.9. The lowest BCUT2D eigenvalue weighted by molar-refractivity contribution is 0.336. The van der Waals surface area contributed by atoms with E-state index in [-0.39, 0.29) is 29.8 Å². The van der Waals surface area contributed by atoms with E-state index in [1.165, 1.54) is 12.1 Å². The van der Waals surface area contributed by atoms with Crippen LogP contribution in [0.25, 0.3) is 0 Å². The van der Waals surface area contributed by atoms with Crippen LogP contribution >= 0.6 is 24.0 Å². The van der Waals surface area contributed by atoms with E-state index >= 15 is 0 Å². The molecule has 0 fully saturated rings. The van der Waals surface area contributed by atoms with Crippen LogP contribution in [0.15, 0.2) is 53.5 Å². The van der Waals surface area contributed by atoms with E-state index in [1.807, 2.05) is 31.2 Å². The Morgan fingerprint density at radius 2 is 1.71 bits per heavy atom. The highest BCUT2D eigenvalue weighted by Crippen LogP contribution is 2.17. The van der Waals surface area contributed by atoms with Gasteiger partial charge in [0.15, 0.2) is 5.96 Å². The molecule has 0 aromatic heterocycles. The Balaban J connectivity index is 0.00000288. The third-order valence-electron chi connectivity index (χ3n) is 3.32. The zero-order valence-electron chi connectivity index (χ0n) is 13.9. The summed E-state index contributed by atoms with van der Waals surface area (Å²) in [6, 6.07) is 14.3. The molecule has 0 heterocycles. The molecule has 0 radical (unpaired) electrons. The summed E-state index contributed by atoms with van der Waals surface area (Å²) in [4.78, 5) is 4.19. The molecule has 0 aliphatic carbocycles. The molecule has 2 aromatic rings. The first-order valence-corrected chi connectivity index (χ1v) is 7.62. The first kappa shape index (κ1) is 20.2. The minimum atomic E-state index is -0.233. The number of nitrogens with zero attached hydrogens (tertiary/aromatic N) is 1. The molecule has 130 valence electrons. The first-order chi connectivity index (χ1) is 11.2. The molecule has 0 saturated heterocycles. The number of hydrogen-bond donors (Lipinski definition) is 2. The summed E-state index contributed by atoms with van der Waals surface area (Å²) in [6.07, 6.45) is 0. The van der Waals surface area contributed by atoms with Crippen molar-refractivity contribution in [1.29, 1.82) is 0 Å². The lowest BCUT2D eigenvalue weighted by atomic mass is 10.2. The summed E-state index contributed by atoms with van der Waals surface area (Å²) in [7, 11) is 1.72. The van der Waals surface area contributed by atoms with E-state index in [0.717, 1.165) is 16.9 Å². The molecule has 2 rings (SSSR count). The van der Waals surface area contributed by atoms with Gasteiger partial charge in [-0.3, -0.25) is 4.99 Å². The van der Waals surface area contributed by atoms with Gasteiger partial charge in [-0.2, -0.15) is 0 Å². The lowest BCUT2D eigenvalue weighted by Crippen LogP contribution is -2.36. The second kappa shape index (κ2) is 10.9. The van der Waals surface area contributed by atoms with Gasteiger partial charge >= 0.3 is 0 Å². The Labute approximate surface area is 159 Å². The van der Waals surface area contributed by atoms with E-state index in [9.17, 15) is 4.39 Å². The molecule has 0 atom stereocenters. The van der Waals surface area contributed by atoms with E-state index in [1.54, 1.807) is 19.2 Å². The molecule has 2 aromatic carbocycles. The van der Waals surface area contributed by atoms with Gasteiger partial charge in [0.25, 0.3) is 0 Å². The minimum absolute atomic E-state index is 0. The number of aliphatic imine (C=N–C) groups is 1. The fourth-order valence-corrected chi connectivity index (χ4v) is 2.13. The van der Waals surface area contributed by atoms with Crippen LogP contribution in [0.5, 0.6) is 5.75 Å². The van der Waals surface area contributed by atoms with Crippen LogP contribution < -0.4 is 15.4 Å². The van der Waals surface area contributed by atoms with Crippen LogP contribution in [0.3, 0.4) is 0 Å². The van der Waals surface area contributed by atoms with Crippen LogP contribution in [0, 0.1) is 5.82 Å². The highest BCUT2D eigenvalue weighted by molar-refractivity contribution is 14.0. The quantitative estimate of drug-likeness (QED) is 0.407. The number of benzene rings is 2. The fourth-order valence-electron chi connectivity index (χ4n) is 2.13. The molecular formula is C18H23FIN3O. The maximum Gasteiger partial charge on any atom is 0.191 e. The molecule has 0 bridgehead atoms. The number of nitrogens with one attached hydrogen (secondary N) is 2. The predicted molar refractivity (Wildman–Crippen MR) is 106 cm³/mol. The molecule has 0 saturated carbocycles. The molecular weight excluding hydrogens is 420 g/mol. The number of guanidine groups is 1. The van der Waals surface area contributed by atoms with Crippen LogP contribution in [0.1, 0.15) is 18.1 Å². The Morgan fingerprint density at radius 1 is 1.04 bits per heavy atom. The highest BCUT2D eigenvalue weighted by Gasteiger charge is 2.04. The summed E-state index contributed by atoms with van der Waals surface area (Å²) in [5.74, 6) is 1.32. The Kier molecular flexibility index (Phi) is 9.14. The molecule has 6 heteroatoms. The molecule has 0 aliphatic heterocycles. The average Bonchev–Trinajstić information content (AvgIpc) is 2.58. The van der Waals surface area contributed by atoms with Crippen LogP contribution in [-0.2, 0) is 13.1 Å². The van der Waals surface area contributed by atoms with E-state index in [2.05, 4.69) is 15.6 Å². The van der Waals surface area contributed by atoms with Crippen LogP contribution in [-0.4, -0.2) is 19.6 Å². The predicted octanol–water partition coefficient (Wildman–Crippen LogP) is 3.71. The Bertz CT molecular complexity index is 647. The van der Waals surface area contributed by atoms with Gasteiger partial charge in [-0.05, 0) is 30.7 Å². The fraction of sp³-hybridized carbons (Fsp3) is 0.278. The Hall–Kier alpha value is -1.83. The number of ether oxygens (including phenoxy) is 1. The second-order valence-electron chi connectivity index (χ2n) is 4.95. The summed E-state index contributed by atoms with van der Waals surface area (Å²) >= 11 is 0. The highest BCUT2D eigenvalue weighted by atomic mass is 127. The van der Waals surface area contributed by atoms with Crippen LogP contribution in [0.4, 0.5) is 4.39 Å². The van der Waals surface area contributed by atoms with Crippen molar-refractivity contribution in [1.82, 2.24) is 10.6 Å². The van der Waals surface area contributed by atoms with Gasteiger partial charge in [-0.15, -0.1) is 24.0 Å². The lowest BCUT2D eigenvalue weighted by Gasteiger charge is -2.14. The molecule has 2 N–H and O–H groups in total. The largest absolute Gasteiger partial charge is 0.494 e. The number of rotatable bonds is 6. The number of para-hydroxylation sites is 1. The number of halogens is 2. The van der Waals surface area contributed by atoms with Crippen molar-refractivity contribution < 1.29 is 9.13 Å². The number of hydrogen-bond acceptors (Lipinski definition) is 2. The van der Waals surface area contributed by atoms with Gasteiger partial charge < -0.3 is 15.4 Å². The average molecular weight is 443 g/mol. The summed E-state index contributed by atoms with van der Waals surface area (Å²) < 4.78 is 18.5. The monoisotopic (exact) mass is 443 g/mol. The standard InChI is InChI=1S/C18H22FN3O.HI/c1-3-23-17-7-5-4-6-15(17)13-22-18(20-2)21-12-14-8-10-16(19)11-9-14;/h4-11H,3,12-13H2,1-2H3,(H2,20,21,22);1H. The van der Waals surface area contributed by atoms with Crippen molar-refractivity contribution in [2.75, 3.05) is 13.7 Å². The van der Waals surface area contributed by atoms with E-state index < -0.39 is 0 Å². The van der Waals surface area contributed by atoms with Crippen molar-refractivity contribution in [2.45, 2.75) is 20.0 Å². The second-order valence-corrected chi connectivity index (χ2v) is 4.95.